The van der Waals surface area contributed by atoms with Crippen LogP contribution in [0.1, 0.15) is 28.2 Å². The van der Waals surface area contributed by atoms with Crippen LogP contribution in [-0.4, -0.2) is 25.2 Å². The minimum absolute atomic E-state index is 0.0211. The van der Waals surface area contributed by atoms with E-state index in [2.05, 4.69) is 11.4 Å². The number of nitrogens with zero attached hydrogens (tertiary/aromatic N) is 2. The van der Waals surface area contributed by atoms with Crippen LogP contribution in [0.3, 0.4) is 0 Å². The Kier molecular flexibility index (Phi) is 6.16. The van der Waals surface area contributed by atoms with E-state index in [1.165, 1.54) is 35.8 Å². The van der Waals surface area contributed by atoms with E-state index >= 15 is 0 Å². The molecule has 31 heavy (non-hydrogen) atoms. The summed E-state index contributed by atoms with van der Waals surface area (Å²) in [5, 5.41) is 13.0. The molecular formula is C21H18ClN3O4S2. The van der Waals surface area contributed by atoms with Crippen molar-refractivity contribution in [1.29, 1.82) is 5.26 Å². The minimum Gasteiger partial charge on any atom is -0.468 e. The van der Waals surface area contributed by atoms with Gasteiger partial charge in [-0.2, -0.15) is 9.57 Å². The van der Waals surface area contributed by atoms with Crippen molar-refractivity contribution in [1.82, 2.24) is 4.31 Å². The van der Waals surface area contributed by atoms with Gasteiger partial charge in [0.25, 0.3) is 0 Å². The molecule has 3 aromatic rings. The smallest absolute Gasteiger partial charge is 0.244 e. The van der Waals surface area contributed by atoms with Crippen molar-refractivity contribution in [2.75, 3.05) is 11.9 Å². The van der Waals surface area contributed by atoms with Crippen molar-refractivity contribution < 1.29 is 17.6 Å². The maximum Gasteiger partial charge on any atom is 0.244 e. The largest absolute Gasteiger partial charge is 0.468 e. The number of amides is 1. The van der Waals surface area contributed by atoms with Gasteiger partial charge in [-0.3, -0.25) is 4.79 Å². The molecule has 0 fully saturated rings. The number of anilines is 1. The van der Waals surface area contributed by atoms with Gasteiger partial charge >= 0.3 is 0 Å². The van der Waals surface area contributed by atoms with Crippen LogP contribution in [-0.2, 0) is 34.2 Å². The van der Waals surface area contributed by atoms with Crippen molar-refractivity contribution in [3.05, 3.63) is 69.4 Å². The van der Waals surface area contributed by atoms with Crippen molar-refractivity contribution in [3.63, 3.8) is 0 Å². The summed E-state index contributed by atoms with van der Waals surface area (Å²) in [5.74, 6) is -0.139. The van der Waals surface area contributed by atoms with Crippen LogP contribution in [0.25, 0.3) is 0 Å². The Morgan fingerprint density at radius 3 is 2.84 bits per heavy atom. The average Bonchev–Trinajstić information content (AvgIpc) is 3.45. The first kappa shape index (κ1) is 21.6. The van der Waals surface area contributed by atoms with Gasteiger partial charge in [0.05, 0.1) is 29.8 Å². The van der Waals surface area contributed by atoms with Crippen molar-refractivity contribution in [2.24, 2.45) is 0 Å². The molecule has 2 aromatic heterocycles. The number of benzene rings is 1. The highest BCUT2D eigenvalue weighted by molar-refractivity contribution is 7.89. The number of nitriles is 1. The number of nitrogens with one attached hydrogen (secondary N) is 1. The van der Waals surface area contributed by atoms with Gasteiger partial charge < -0.3 is 9.73 Å². The summed E-state index contributed by atoms with van der Waals surface area (Å²) in [7, 11) is -4.03. The molecule has 0 spiro atoms. The fourth-order valence-corrected chi connectivity index (χ4v) is 6.44. The molecule has 4 rings (SSSR count). The minimum atomic E-state index is -4.03. The summed E-state index contributed by atoms with van der Waals surface area (Å²) in [4.78, 5) is 13.9. The van der Waals surface area contributed by atoms with Crippen molar-refractivity contribution in [2.45, 2.75) is 30.7 Å². The summed E-state index contributed by atoms with van der Waals surface area (Å²) in [6.07, 6.45) is 4.14. The Hall–Kier alpha value is -2.64. The van der Waals surface area contributed by atoms with Crippen molar-refractivity contribution >= 4 is 43.9 Å². The molecule has 7 nitrogen and oxygen atoms in total. The number of halogens is 1. The molecule has 0 aliphatic heterocycles. The van der Waals surface area contributed by atoms with Crippen LogP contribution >= 0.6 is 22.9 Å². The van der Waals surface area contributed by atoms with Gasteiger partial charge in [-0.1, -0.05) is 17.7 Å². The zero-order valence-electron chi connectivity index (χ0n) is 16.3. The van der Waals surface area contributed by atoms with Gasteiger partial charge in [-0.05, 0) is 55.2 Å². The van der Waals surface area contributed by atoms with E-state index in [1.807, 2.05) is 0 Å². The highest BCUT2D eigenvalue weighted by atomic mass is 35.5. The second kappa shape index (κ2) is 8.85. The van der Waals surface area contributed by atoms with Gasteiger partial charge in [-0.15, -0.1) is 11.3 Å². The fourth-order valence-electron chi connectivity index (χ4n) is 3.52. The lowest BCUT2D eigenvalue weighted by Gasteiger charge is -2.21. The zero-order valence-corrected chi connectivity index (χ0v) is 18.7. The van der Waals surface area contributed by atoms with E-state index < -0.39 is 22.5 Å². The third kappa shape index (κ3) is 4.52. The number of hydrogen-bond acceptors (Lipinski definition) is 6. The number of furan rings is 1. The van der Waals surface area contributed by atoms with Gasteiger partial charge in [0.1, 0.15) is 16.8 Å². The molecule has 2 heterocycles. The number of aryl methyl sites for hydroxylation is 1. The molecule has 0 saturated heterocycles. The molecule has 1 aliphatic rings. The Labute approximate surface area is 188 Å². The molecule has 10 heteroatoms. The predicted octanol–water partition coefficient (Wildman–Crippen LogP) is 4.18. The molecule has 1 aromatic carbocycles. The van der Waals surface area contributed by atoms with Gasteiger partial charge in [0.2, 0.25) is 15.9 Å². The van der Waals surface area contributed by atoms with Gasteiger partial charge in [0, 0.05) is 9.90 Å². The summed E-state index contributed by atoms with van der Waals surface area (Å²) >= 11 is 7.35. The standard InChI is InChI=1S/C21H18ClN3O4S2/c22-14-4-1-6-16(10-14)31(27,28)25(12-15-5-3-9-29-15)13-20(26)24-21-18(11-23)17-7-2-8-19(17)30-21/h1,3-6,9-10H,2,7-8,12-13H2,(H,24,26). The lowest BCUT2D eigenvalue weighted by atomic mass is 10.1. The second-order valence-electron chi connectivity index (χ2n) is 7.03. The second-order valence-corrected chi connectivity index (χ2v) is 10.5. The fraction of sp³-hybridized carbons (Fsp3) is 0.238. The Bertz CT molecular complexity index is 1260. The summed E-state index contributed by atoms with van der Waals surface area (Å²) in [5.41, 5.74) is 1.46. The average molecular weight is 476 g/mol. The highest BCUT2D eigenvalue weighted by Gasteiger charge is 2.29. The Balaban J connectivity index is 1.59. The van der Waals surface area contributed by atoms with E-state index in [-0.39, 0.29) is 16.5 Å². The van der Waals surface area contributed by atoms with Crippen LogP contribution in [0.4, 0.5) is 5.00 Å². The first-order chi connectivity index (χ1) is 14.9. The number of carbonyl (C=O) groups is 1. The zero-order chi connectivity index (χ0) is 22.0. The highest BCUT2D eigenvalue weighted by Crippen LogP contribution is 2.38. The molecule has 1 N–H and O–H groups in total. The maximum atomic E-state index is 13.2. The van der Waals surface area contributed by atoms with E-state index in [0.717, 1.165) is 34.0 Å². The topological polar surface area (TPSA) is 103 Å². The molecule has 0 saturated carbocycles. The molecule has 0 atom stereocenters. The summed E-state index contributed by atoms with van der Waals surface area (Å²) < 4.78 is 32.8. The number of fused-ring (bicyclic) bond motifs is 1. The molecule has 1 aliphatic carbocycles. The lowest BCUT2D eigenvalue weighted by molar-refractivity contribution is -0.116. The number of carbonyl (C=O) groups excluding carboxylic acids is 1. The normalized spacial score (nSPS) is 13.2. The Morgan fingerprint density at radius 1 is 1.29 bits per heavy atom. The van der Waals surface area contributed by atoms with E-state index in [1.54, 1.807) is 18.2 Å². The maximum absolute atomic E-state index is 13.2. The van der Waals surface area contributed by atoms with Crippen LogP contribution in [0, 0.1) is 11.3 Å². The number of sulfonamides is 1. The number of thiophene rings is 1. The predicted molar refractivity (Wildman–Crippen MR) is 117 cm³/mol. The van der Waals surface area contributed by atoms with Gasteiger partial charge in [0.15, 0.2) is 0 Å². The lowest BCUT2D eigenvalue weighted by Crippen LogP contribution is -2.37. The van der Waals surface area contributed by atoms with Gasteiger partial charge in [-0.25, -0.2) is 8.42 Å². The third-order valence-electron chi connectivity index (χ3n) is 4.95. The Morgan fingerprint density at radius 2 is 2.13 bits per heavy atom. The van der Waals surface area contributed by atoms with Crippen LogP contribution in [0.2, 0.25) is 5.02 Å². The van der Waals surface area contributed by atoms with E-state index in [0.29, 0.717) is 16.3 Å². The summed E-state index contributed by atoms with van der Waals surface area (Å²) in [6.45, 7) is -0.565. The quantitative estimate of drug-likeness (QED) is 0.552. The molecule has 0 radical (unpaired) electrons. The van der Waals surface area contributed by atoms with Crippen LogP contribution in [0.5, 0.6) is 0 Å². The molecule has 1 amide bonds. The summed E-state index contributed by atoms with van der Waals surface area (Å²) in [6, 6.07) is 11.3. The van der Waals surface area contributed by atoms with Crippen LogP contribution < -0.4 is 5.32 Å². The third-order valence-corrected chi connectivity index (χ3v) is 8.18. The molecule has 0 unspecified atom stereocenters. The monoisotopic (exact) mass is 475 g/mol. The SMILES string of the molecule is N#Cc1c(NC(=O)CN(Cc2ccco2)S(=O)(=O)c2cccc(Cl)c2)sc2c1CCC2. The molecule has 160 valence electrons. The first-order valence-corrected chi connectivity index (χ1v) is 12.1. The number of hydrogen-bond donors (Lipinski definition) is 1. The van der Waals surface area contributed by atoms with E-state index in [9.17, 15) is 18.5 Å². The van der Waals surface area contributed by atoms with Crippen molar-refractivity contribution in [3.8, 4) is 6.07 Å². The molecule has 0 bridgehead atoms. The first-order valence-electron chi connectivity index (χ1n) is 9.51. The molecular weight excluding hydrogens is 458 g/mol. The van der Waals surface area contributed by atoms with E-state index in [4.69, 9.17) is 16.0 Å². The van der Waals surface area contributed by atoms with Crippen LogP contribution in [0.15, 0.2) is 52.0 Å². The number of rotatable bonds is 7.